The van der Waals surface area contributed by atoms with E-state index < -0.39 is 30.7 Å². The molecule has 6 unspecified atom stereocenters. The SMILES string of the molecule is O=C(NC1CCC2CCCCC2C1)NC1NC(NO)CC(C(F)(F)F)N1. The van der Waals surface area contributed by atoms with Crippen LogP contribution in [0.5, 0.6) is 0 Å². The highest BCUT2D eigenvalue weighted by atomic mass is 19.4. The van der Waals surface area contributed by atoms with Crippen molar-refractivity contribution in [1.82, 2.24) is 26.7 Å². The van der Waals surface area contributed by atoms with Crippen LogP contribution < -0.4 is 26.7 Å². The van der Waals surface area contributed by atoms with Crippen molar-refractivity contribution in [2.45, 2.75) is 82.1 Å². The van der Waals surface area contributed by atoms with Crippen molar-refractivity contribution in [3.8, 4) is 0 Å². The van der Waals surface area contributed by atoms with E-state index in [0.29, 0.717) is 5.92 Å². The Morgan fingerprint density at radius 1 is 0.962 bits per heavy atom. The zero-order valence-corrected chi connectivity index (χ0v) is 14.6. The van der Waals surface area contributed by atoms with Gasteiger partial charge < -0.3 is 15.8 Å². The van der Waals surface area contributed by atoms with Crippen LogP contribution in [0.3, 0.4) is 0 Å². The number of carbonyl (C=O) groups is 1. The highest BCUT2D eigenvalue weighted by Gasteiger charge is 2.45. The molecule has 150 valence electrons. The Morgan fingerprint density at radius 2 is 1.69 bits per heavy atom. The first-order chi connectivity index (χ1) is 12.3. The van der Waals surface area contributed by atoms with Crippen molar-refractivity contribution < 1.29 is 23.2 Å². The van der Waals surface area contributed by atoms with Gasteiger partial charge in [-0.3, -0.25) is 10.6 Å². The normalized spacial score (nSPS) is 38.3. The molecule has 2 saturated carbocycles. The molecule has 3 aliphatic rings. The molecular formula is C16H28F3N5O2. The highest BCUT2D eigenvalue weighted by Crippen LogP contribution is 2.40. The number of urea groups is 1. The molecule has 26 heavy (non-hydrogen) atoms. The molecule has 0 aromatic rings. The molecule has 3 rings (SSSR count). The topological polar surface area (TPSA) is 97.5 Å². The van der Waals surface area contributed by atoms with E-state index in [4.69, 9.17) is 5.21 Å². The zero-order valence-electron chi connectivity index (χ0n) is 14.6. The molecule has 1 saturated heterocycles. The van der Waals surface area contributed by atoms with Crippen LogP contribution in [-0.4, -0.2) is 42.0 Å². The number of carbonyl (C=O) groups excluding carboxylic acids is 1. The van der Waals surface area contributed by atoms with Crippen LogP contribution in [0.2, 0.25) is 0 Å². The van der Waals surface area contributed by atoms with Crippen LogP contribution in [0.15, 0.2) is 0 Å². The maximum Gasteiger partial charge on any atom is 0.404 e. The number of halogens is 3. The largest absolute Gasteiger partial charge is 0.404 e. The van der Waals surface area contributed by atoms with Crippen molar-refractivity contribution in [3.05, 3.63) is 0 Å². The standard InChI is InChI=1S/C16H28F3N5O2/c17-16(18,19)12-8-13(24-26)22-14(21-12)23-15(25)20-11-6-5-9-3-1-2-4-10(9)7-11/h9-14,21-22,24,26H,1-8H2,(H2,20,23,25). The molecule has 2 amide bonds. The number of hydroxylamine groups is 1. The van der Waals surface area contributed by atoms with Crippen LogP contribution in [0.25, 0.3) is 0 Å². The first kappa shape index (κ1) is 19.7. The van der Waals surface area contributed by atoms with Gasteiger partial charge in [0.2, 0.25) is 0 Å². The summed E-state index contributed by atoms with van der Waals surface area (Å²) in [5.74, 6) is 1.40. The first-order valence-electron chi connectivity index (χ1n) is 9.40. The van der Waals surface area contributed by atoms with E-state index in [2.05, 4.69) is 21.3 Å². The van der Waals surface area contributed by atoms with Crippen molar-refractivity contribution in [2.24, 2.45) is 11.8 Å². The van der Waals surface area contributed by atoms with Crippen molar-refractivity contribution >= 4 is 6.03 Å². The third-order valence-electron chi connectivity index (χ3n) is 5.91. The monoisotopic (exact) mass is 379 g/mol. The Kier molecular flexibility index (Phi) is 6.26. The summed E-state index contributed by atoms with van der Waals surface area (Å²) in [6, 6.07) is -2.27. The number of rotatable bonds is 3. The van der Waals surface area contributed by atoms with Gasteiger partial charge in [-0.2, -0.15) is 18.7 Å². The Hall–Kier alpha value is -1.10. The van der Waals surface area contributed by atoms with Crippen LogP contribution in [0.4, 0.5) is 18.0 Å². The summed E-state index contributed by atoms with van der Waals surface area (Å²) in [5.41, 5.74) is 1.80. The van der Waals surface area contributed by atoms with E-state index in [0.717, 1.165) is 25.2 Å². The average molecular weight is 379 g/mol. The number of alkyl halides is 3. The molecule has 7 nitrogen and oxygen atoms in total. The lowest BCUT2D eigenvalue weighted by Crippen LogP contribution is -2.71. The molecule has 0 radical (unpaired) electrons. The third kappa shape index (κ3) is 4.99. The molecule has 0 aromatic carbocycles. The minimum absolute atomic E-state index is 0.0584. The molecular weight excluding hydrogens is 351 g/mol. The van der Waals surface area contributed by atoms with Gasteiger partial charge in [0, 0.05) is 12.5 Å². The van der Waals surface area contributed by atoms with Crippen LogP contribution in [0.1, 0.15) is 51.4 Å². The fraction of sp³-hybridized carbons (Fsp3) is 0.938. The minimum atomic E-state index is -4.47. The predicted molar refractivity (Wildman–Crippen MR) is 88.0 cm³/mol. The number of hydrogen-bond donors (Lipinski definition) is 6. The second-order valence-corrected chi connectivity index (χ2v) is 7.71. The minimum Gasteiger partial charge on any atom is -0.335 e. The lowest BCUT2D eigenvalue weighted by molar-refractivity contribution is -0.170. The van der Waals surface area contributed by atoms with Crippen molar-refractivity contribution in [2.75, 3.05) is 0 Å². The number of hydrogen-bond acceptors (Lipinski definition) is 5. The third-order valence-corrected chi connectivity index (χ3v) is 5.91. The molecule has 1 heterocycles. The second-order valence-electron chi connectivity index (χ2n) is 7.71. The van der Waals surface area contributed by atoms with Gasteiger partial charge in [0.1, 0.15) is 12.3 Å². The van der Waals surface area contributed by atoms with E-state index in [1.54, 1.807) is 5.48 Å². The summed E-state index contributed by atoms with van der Waals surface area (Å²) in [4.78, 5) is 12.2. The zero-order chi connectivity index (χ0) is 18.7. The number of fused-ring (bicyclic) bond motifs is 1. The summed E-state index contributed by atoms with van der Waals surface area (Å²) in [5, 5.41) is 19.3. The highest BCUT2D eigenvalue weighted by molar-refractivity contribution is 5.74. The van der Waals surface area contributed by atoms with Gasteiger partial charge in [-0.15, -0.1) is 0 Å². The Balaban J connectivity index is 1.49. The fourth-order valence-corrected chi connectivity index (χ4v) is 4.59. The van der Waals surface area contributed by atoms with E-state index in [1.807, 2.05) is 0 Å². The van der Waals surface area contributed by atoms with E-state index >= 15 is 0 Å². The molecule has 3 fully saturated rings. The fourth-order valence-electron chi connectivity index (χ4n) is 4.59. The van der Waals surface area contributed by atoms with E-state index in [9.17, 15) is 18.0 Å². The van der Waals surface area contributed by atoms with Gasteiger partial charge >= 0.3 is 12.2 Å². The molecule has 1 aliphatic heterocycles. The average Bonchev–Trinajstić information content (AvgIpc) is 2.60. The maximum atomic E-state index is 13.0. The van der Waals surface area contributed by atoms with E-state index in [1.165, 1.54) is 25.7 Å². The quantitative estimate of drug-likeness (QED) is 0.420. The lowest BCUT2D eigenvalue weighted by Gasteiger charge is -2.40. The summed E-state index contributed by atoms with van der Waals surface area (Å²) >= 11 is 0. The Morgan fingerprint density at radius 3 is 2.38 bits per heavy atom. The van der Waals surface area contributed by atoms with Gasteiger partial charge in [-0.25, -0.2) is 4.79 Å². The summed E-state index contributed by atoms with van der Waals surface area (Å²) in [6.07, 6.45) is 1.05. The Labute approximate surface area is 150 Å². The smallest absolute Gasteiger partial charge is 0.335 e. The van der Waals surface area contributed by atoms with Gasteiger partial charge in [0.15, 0.2) is 0 Å². The number of nitrogens with one attached hydrogen (secondary N) is 5. The summed E-state index contributed by atoms with van der Waals surface area (Å²) in [7, 11) is 0. The summed E-state index contributed by atoms with van der Waals surface area (Å²) in [6.45, 7) is 0. The molecule has 2 aliphatic carbocycles. The second kappa shape index (κ2) is 8.28. The van der Waals surface area contributed by atoms with Crippen molar-refractivity contribution in [3.63, 3.8) is 0 Å². The summed E-state index contributed by atoms with van der Waals surface area (Å²) < 4.78 is 38.9. The molecule has 0 spiro atoms. The predicted octanol–water partition coefficient (Wildman–Crippen LogP) is 1.75. The molecule has 6 N–H and O–H groups in total. The first-order valence-corrected chi connectivity index (χ1v) is 9.40. The molecule has 6 atom stereocenters. The van der Waals surface area contributed by atoms with Crippen molar-refractivity contribution in [1.29, 1.82) is 0 Å². The molecule has 0 aromatic heterocycles. The molecule has 10 heteroatoms. The van der Waals surface area contributed by atoms with Crippen LogP contribution >= 0.6 is 0 Å². The van der Waals surface area contributed by atoms with E-state index in [-0.39, 0.29) is 12.5 Å². The van der Waals surface area contributed by atoms with Gasteiger partial charge in [-0.1, -0.05) is 25.7 Å². The van der Waals surface area contributed by atoms with Gasteiger partial charge in [0.05, 0.1) is 6.17 Å². The number of amides is 2. The van der Waals surface area contributed by atoms with Gasteiger partial charge in [-0.05, 0) is 31.1 Å². The maximum absolute atomic E-state index is 13.0. The Bertz CT molecular complexity index is 493. The lowest BCUT2D eigenvalue weighted by atomic mass is 9.69. The van der Waals surface area contributed by atoms with Crippen LogP contribution in [-0.2, 0) is 0 Å². The van der Waals surface area contributed by atoms with Gasteiger partial charge in [0.25, 0.3) is 0 Å². The van der Waals surface area contributed by atoms with Crippen LogP contribution in [0, 0.1) is 11.8 Å². The molecule has 0 bridgehead atoms.